The summed E-state index contributed by atoms with van der Waals surface area (Å²) < 4.78 is 25.8. The predicted molar refractivity (Wildman–Crippen MR) is 69.4 cm³/mol. The first-order valence-electron chi connectivity index (χ1n) is 5.68. The van der Waals surface area contributed by atoms with Crippen LogP contribution in [0.15, 0.2) is 42.5 Å². The zero-order valence-electron chi connectivity index (χ0n) is 9.79. The third-order valence-corrected chi connectivity index (χ3v) is 2.63. The summed E-state index contributed by atoms with van der Waals surface area (Å²) in [7, 11) is 0. The van der Waals surface area contributed by atoms with E-state index in [0.717, 1.165) is 5.56 Å². The largest absolute Gasteiger partial charge is 0.397 e. The van der Waals surface area contributed by atoms with Gasteiger partial charge in [0, 0.05) is 6.54 Å². The summed E-state index contributed by atoms with van der Waals surface area (Å²) in [4.78, 5) is 0. The van der Waals surface area contributed by atoms with Crippen molar-refractivity contribution in [1.29, 1.82) is 0 Å². The average molecular weight is 248 g/mol. The maximum absolute atomic E-state index is 12.9. The third kappa shape index (κ3) is 3.20. The molecule has 0 fully saturated rings. The second-order valence-electron chi connectivity index (χ2n) is 4.04. The van der Waals surface area contributed by atoms with E-state index in [-0.39, 0.29) is 11.6 Å². The van der Waals surface area contributed by atoms with Crippen LogP contribution in [0.5, 0.6) is 0 Å². The van der Waals surface area contributed by atoms with Crippen LogP contribution >= 0.6 is 0 Å². The van der Waals surface area contributed by atoms with E-state index in [1.54, 1.807) is 12.1 Å². The van der Waals surface area contributed by atoms with E-state index >= 15 is 0 Å². The number of nitrogens with two attached hydrogens (primary N) is 1. The molecular weight excluding hydrogens is 234 g/mol. The molecule has 0 aliphatic rings. The standard InChI is InChI=1S/C14H14F2N2/c15-11-3-1-2-10(8-11)6-7-18-14-5-4-12(16)9-13(14)17/h1-5,8-9,18H,6-7,17H2. The molecule has 0 aliphatic carbocycles. The second-order valence-corrected chi connectivity index (χ2v) is 4.04. The Hall–Kier alpha value is -2.10. The van der Waals surface area contributed by atoms with Gasteiger partial charge in [0.1, 0.15) is 11.6 Å². The summed E-state index contributed by atoms with van der Waals surface area (Å²) in [6.07, 6.45) is 0.675. The van der Waals surface area contributed by atoms with Crippen molar-refractivity contribution in [3.8, 4) is 0 Å². The van der Waals surface area contributed by atoms with Crippen LogP contribution in [-0.4, -0.2) is 6.54 Å². The van der Waals surface area contributed by atoms with Gasteiger partial charge in [-0.25, -0.2) is 8.78 Å². The minimum absolute atomic E-state index is 0.242. The third-order valence-electron chi connectivity index (χ3n) is 2.63. The van der Waals surface area contributed by atoms with Crippen molar-refractivity contribution >= 4 is 11.4 Å². The molecule has 18 heavy (non-hydrogen) atoms. The van der Waals surface area contributed by atoms with Crippen molar-refractivity contribution in [2.24, 2.45) is 0 Å². The highest BCUT2D eigenvalue weighted by Gasteiger charge is 2.00. The molecule has 4 heteroatoms. The van der Waals surface area contributed by atoms with Gasteiger partial charge in [0.2, 0.25) is 0 Å². The molecule has 0 aliphatic heterocycles. The molecule has 0 saturated heterocycles. The average Bonchev–Trinajstić information content (AvgIpc) is 2.32. The molecule has 2 nitrogen and oxygen atoms in total. The van der Waals surface area contributed by atoms with Crippen LogP contribution < -0.4 is 11.1 Å². The van der Waals surface area contributed by atoms with E-state index in [2.05, 4.69) is 5.32 Å². The van der Waals surface area contributed by atoms with Gasteiger partial charge in [-0.3, -0.25) is 0 Å². The molecule has 0 saturated carbocycles. The van der Waals surface area contributed by atoms with Crippen LogP contribution in [0.25, 0.3) is 0 Å². The highest BCUT2D eigenvalue weighted by molar-refractivity contribution is 5.65. The Kier molecular flexibility index (Phi) is 3.77. The van der Waals surface area contributed by atoms with Crippen LogP contribution in [0.4, 0.5) is 20.2 Å². The fourth-order valence-corrected chi connectivity index (χ4v) is 1.73. The van der Waals surface area contributed by atoms with Crippen LogP contribution in [0.1, 0.15) is 5.56 Å². The normalized spacial score (nSPS) is 10.3. The highest BCUT2D eigenvalue weighted by atomic mass is 19.1. The predicted octanol–water partition coefficient (Wildman–Crippen LogP) is 3.20. The molecule has 0 radical (unpaired) electrons. The number of nitrogens with one attached hydrogen (secondary N) is 1. The first-order chi connectivity index (χ1) is 8.65. The van der Waals surface area contributed by atoms with E-state index in [4.69, 9.17) is 5.73 Å². The van der Waals surface area contributed by atoms with E-state index in [0.29, 0.717) is 24.3 Å². The zero-order valence-corrected chi connectivity index (χ0v) is 9.79. The Morgan fingerprint density at radius 3 is 2.50 bits per heavy atom. The van der Waals surface area contributed by atoms with Gasteiger partial charge >= 0.3 is 0 Å². The smallest absolute Gasteiger partial charge is 0.125 e. The second kappa shape index (κ2) is 5.49. The summed E-state index contributed by atoms with van der Waals surface area (Å²) in [5.41, 5.74) is 7.63. The molecule has 0 amide bonds. The van der Waals surface area contributed by atoms with Crippen LogP contribution in [-0.2, 0) is 6.42 Å². The molecule has 0 aromatic heterocycles. The summed E-state index contributed by atoms with van der Waals surface area (Å²) >= 11 is 0. The maximum Gasteiger partial charge on any atom is 0.125 e. The molecule has 2 aromatic rings. The lowest BCUT2D eigenvalue weighted by molar-refractivity contribution is 0.625. The molecule has 0 bridgehead atoms. The Morgan fingerprint density at radius 2 is 1.78 bits per heavy atom. The minimum Gasteiger partial charge on any atom is -0.397 e. The van der Waals surface area contributed by atoms with Gasteiger partial charge in [-0.05, 0) is 42.3 Å². The maximum atomic E-state index is 12.9. The van der Waals surface area contributed by atoms with E-state index in [1.807, 2.05) is 6.07 Å². The molecule has 0 atom stereocenters. The Balaban J connectivity index is 1.92. The summed E-state index contributed by atoms with van der Waals surface area (Å²) in [6, 6.07) is 10.7. The molecule has 0 heterocycles. The van der Waals surface area contributed by atoms with Crippen molar-refractivity contribution in [2.45, 2.75) is 6.42 Å². The Labute approximate surface area is 104 Å². The van der Waals surface area contributed by atoms with Gasteiger partial charge in [-0.2, -0.15) is 0 Å². The molecular formula is C14H14F2N2. The number of nitrogen functional groups attached to an aromatic ring is 1. The molecule has 2 aromatic carbocycles. The first-order valence-corrected chi connectivity index (χ1v) is 5.68. The van der Waals surface area contributed by atoms with Crippen molar-refractivity contribution in [3.63, 3.8) is 0 Å². The SMILES string of the molecule is Nc1cc(F)ccc1NCCc1cccc(F)c1. The van der Waals surface area contributed by atoms with E-state index in [9.17, 15) is 8.78 Å². The first kappa shape index (κ1) is 12.4. The summed E-state index contributed by atoms with van der Waals surface area (Å²) in [5, 5.41) is 3.09. The quantitative estimate of drug-likeness (QED) is 0.815. The van der Waals surface area contributed by atoms with Crippen LogP contribution in [0, 0.1) is 11.6 Å². The number of rotatable bonds is 4. The van der Waals surface area contributed by atoms with Gasteiger partial charge in [0.25, 0.3) is 0 Å². The summed E-state index contributed by atoms with van der Waals surface area (Å²) in [6.45, 7) is 0.610. The highest BCUT2D eigenvalue weighted by Crippen LogP contribution is 2.18. The fourth-order valence-electron chi connectivity index (χ4n) is 1.73. The molecule has 0 spiro atoms. The lowest BCUT2D eigenvalue weighted by Crippen LogP contribution is -2.07. The number of halogens is 2. The molecule has 94 valence electrons. The van der Waals surface area contributed by atoms with Crippen molar-refractivity contribution in [1.82, 2.24) is 0 Å². The van der Waals surface area contributed by atoms with Crippen LogP contribution in [0.3, 0.4) is 0 Å². The number of hydrogen-bond donors (Lipinski definition) is 2. The van der Waals surface area contributed by atoms with Gasteiger partial charge in [-0.15, -0.1) is 0 Å². The number of anilines is 2. The van der Waals surface area contributed by atoms with Gasteiger partial charge < -0.3 is 11.1 Å². The lowest BCUT2D eigenvalue weighted by atomic mass is 10.1. The van der Waals surface area contributed by atoms with Crippen molar-refractivity contribution < 1.29 is 8.78 Å². The molecule has 3 N–H and O–H groups in total. The monoisotopic (exact) mass is 248 g/mol. The molecule has 2 rings (SSSR count). The lowest BCUT2D eigenvalue weighted by Gasteiger charge is -2.09. The topological polar surface area (TPSA) is 38.0 Å². The van der Waals surface area contributed by atoms with Gasteiger partial charge in [0.05, 0.1) is 11.4 Å². The van der Waals surface area contributed by atoms with E-state index < -0.39 is 0 Å². The molecule has 0 unspecified atom stereocenters. The number of hydrogen-bond acceptors (Lipinski definition) is 2. The summed E-state index contributed by atoms with van der Waals surface area (Å²) in [5.74, 6) is -0.600. The Morgan fingerprint density at radius 1 is 1.00 bits per heavy atom. The Bertz CT molecular complexity index is 541. The van der Waals surface area contributed by atoms with Crippen molar-refractivity contribution in [2.75, 3.05) is 17.6 Å². The van der Waals surface area contributed by atoms with E-state index in [1.165, 1.54) is 24.3 Å². The number of benzene rings is 2. The minimum atomic E-state index is -0.358. The van der Waals surface area contributed by atoms with Crippen molar-refractivity contribution in [3.05, 3.63) is 59.7 Å². The van der Waals surface area contributed by atoms with Crippen LogP contribution in [0.2, 0.25) is 0 Å². The fraction of sp³-hybridized carbons (Fsp3) is 0.143. The zero-order chi connectivity index (χ0) is 13.0. The van der Waals surface area contributed by atoms with Gasteiger partial charge in [0.15, 0.2) is 0 Å². The van der Waals surface area contributed by atoms with Gasteiger partial charge in [-0.1, -0.05) is 12.1 Å².